The standard InChI is InChI=1S/C23H27BrO2/c1-22(2,3)19-13-11-17(25-19)21(15-7-9-16(24)10-8-15)18-12-14-20(26-18)23(4,5)6/h7-14,21H,1-6H3. The molecule has 0 unspecified atom stereocenters. The van der Waals surface area contributed by atoms with Gasteiger partial charge in [-0.2, -0.15) is 0 Å². The van der Waals surface area contributed by atoms with E-state index >= 15 is 0 Å². The Morgan fingerprint density at radius 1 is 0.654 bits per heavy atom. The number of hydrogen-bond acceptors (Lipinski definition) is 2. The van der Waals surface area contributed by atoms with Crippen LogP contribution in [0.3, 0.4) is 0 Å². The van der Waals surface area contributed by atoms with Crippen molar-refractivity contribution in [2.24, 2.45) is 0 Å². The molecule has 2 heterocycles. The van der Waals surface area contributed by atoms with Crippen LogP contribution in [0.4, 0.5) is 0 Å². The van der Waals surface area contributed by atoms with Crippen LogP contribution in [0.25, 0.3) is 0 Å². The molecular weight excluding hydrogens is 388 g/mol. The highest BCUT2D eigenvalue weighted by atomic mass is 79.9. The van der Waals surface area contributed by atoms with Gasteiger partial charge >= 0.3 is 0 Å². The predicted octanol–water partition coefficient (Wildman–Crippen LogP) is 7.41. The molecule has 0 amide bonds. The summed E-state index contributed by atoms with van der Waals surface area (Å²) >= 11 is 3.52. The first-order chi connectivity index (χ1) is 12.1. The van der Waals surface area contributed by atoms with E-state index in [1.165, 1.54) is 0 Å². The minimum atomic E-state index is -0.0599. The summed E-state index contributed by atoms with van der Waals surface area (Å²) in [7, 11) is 0. The van der Waals surface area contributed by atoms with Crippen LogP contribution in [0, 0.1) is 0 Å². The first-order valence-corrected chi connectivity index (χ1v) is 9.81. The number of benzene rings is 1. The molecular formula is C23H27BrO2. The molecule has 0 saturated carbocycles. The molecule has 0 atom stereocenters. The van der Waals surface area contributed by atoms with Crippen LogP contribution in [0.1, 0.15) is 76.1 Å². The SMILES string of the molecule is CC(C)(C)c1ccc(C(c2ccc(Br)cc2)c2ccc(C(C)(C)C)o2)o1. The molecule has 26 heavy (non-hydrogen) atoms. The second-order valence-electron chi connectivity index (χ2n) is 8.89. The van der Waals surface area contributed by atoms with Gasteiger partial charge in [-0.05, 0) is 42.0 Å². The lowest BCUT2D eigenvalue weighted by Crippen LogP contribution is -2.10. The van der Waals surface area contributed by atoms with Crippen LogP contribution < -0.4 is 0 Å². The Bertz CT molecular complexity index is 818. The number of rotatable bonds is 3. The smallest absolute Gasteiger partial charge is 0.119 e. The lowest BCUT2D eigenvalue weighted by molar-refractivity contribution is 0.354. The van der Waals surface area contributed by atoms with Gasteiger partial charge in [0.05, 0.1) is 0 Å². The van der Waals surface area contributed by atoms with Gasteiger partial charge in [0.2, 0.25) is 0 Å². The van der Waals surface area contributed by atoms with E-state index in [1.54, 1.807) is 0 Å². The van der Waals surface area contributed by atoms with E-state index in [4.69, 9.17) is 8.83 Å². The summed E-state index contributed by atoms with van der Waals surface area (Å²) in [5.74, 6) is 3.73. The zero-order valence-corrected chi connectivity index (χ0v) is 18.0. The third-order valence-electron chi connectivity index (χ3n) is 4.50. The zero-order valence-electron chi connectivity index (χ0n) is 16.4. The molecule has 0 aliphatic rings. The Hall–Kier alpha value is -1.74. The Balaban J connectivity index is 2.09. The van der Waals surface area contributed by atoms with E-state index in [-0.39, 0.29) is 16.7 Å². The van der Waals surface area contributed by atoms with Crippen molar-refractivity contribution in [3.8, 4) is 0 Å². The molecule has 0 aliphatic carbocycles. The first kappa shape index (κ1) is 19.0. The van der Waals surface area contributed by atoms with Crippen LogP contribution >= 0.6 is 15.9 Å². The zero-order chi connectivity index (χ0) is 19.1. The molecule has 2 aromatic heterocycles. The van der Waals surface area contributed by atoms with Gasteiger partial charge in [0.15, 0.2) is 0 Å². The fourth-order valence-corrected chi connectivity index (χ4v) is 3.21. The van der Waals surface area contributed by atoms with Crippen LogP contribution in [-0.2, 0) is 10.8 Å². The fourth-order valence-electron chi connectivity index (χ4n) is 2.95. The highest BCUT2D eigenvalue weighted by Crippen LogP contribution is 2.38. The van der Waals surface area contributed by atoms with E-state index in [0.717, 1.165) is 33.1 Å². The van der Waals surface area contributed by atoms with Gasteiger partial charge in [0, 0.05) is 15.3 Å². The minimum Gasteiger partial charge on any atom is -0.464 e. The van der Waals surface area contributed by atoms with E-state index in [2.05, 4.69) is 106 Å². The van der Waals surface area contributed by atoms with Gasteiger partial charge in [-0.25, -0.2) is 0 Å². The van der Waals surface area contributed by atoms with Gasteiger partial charge in [-0.3, -0.25) is 0 Å². The molecule has 1 aromatic carbocycles. The topological polar surface area (TPSA) is 26.3 Å². The maximum Gasteiger partial charge on any atom is 0.119 e. The number of hydrogen-bond donors (Lipinski definition) is 0. The predicted molar refractivity (Wildman–Crippen MR) is 110 cm³/mol. The maximum absolute atomic E-state index is 6.27. The van der Waals surface area contributed by atoms with Gasteiger partial charge in [0.25, 0.3) is 0 Å². The van der Waals surface area contributed by atoms with Crippen molar-refractivity contribution in [3.63, 3.8) is 0 Å². The second kappa shape index (κ2) is 6.77. The van der Waals surface area contributed by atoms with Crippen molar-refractivity contribution < 1.29 is 8.83 Å². The average Bonchev–Trinajstić information content (AvgIpc) is 3.18. The Morgan fingerprint density at radius 2 is 1.08 bits per heavy atom. The minimum absolute atomic E-state index is 0.0255. The molecule has 0 saturated heterocycles. The highest BCUT2D eigenvalue weighted by molar-refractivity contribution is 9.10. The molecule has 3 rings (SSSR count). The average molecular weight is 415 g/mol. The second-order valence-corrected chi connectivity index (χ2v) is 9.80. The molecule has 0 radical (unpaired) electrons. The fraction of sp³-hybridized carbons (Fsp3) is 0.391. The van der Waals surface area contributed by atoms with Gasteiger partial charge < -0.3 is 8.83 Å². The maximum atomic E-state index is 6.27. The summed E-state index contributed by atoms with van der Waals surface area (Å²) in [5.41, 5.74) is 1.10. The molecule has 2 nitrogen and oxygen atoms in total. The van der Waals surface area contributed by atoms with Crippen molar-refractivity contribution in [2.75, 3.05) is 0 Å². The van der Waals surface area contributed by atoms with Gasteiger partial charge in [0.1, 0.15) is 29.0 Å². The highest BCUT2D eigenvalue weighted by Gasteiger charge is 2.28. The first-order valence-electron chi connectivity index (χ1n) is 9.01. The van der Waals surface area contributed by atoms with Gasteiger partial charge in [-0.1, -0.05) is 69.6 Å². The summed E-state index contributed by atoms with van der Waals surface area (Å²) in [6, 6.07) is 16.7. The largest absolute Gasteiger partial charge is 0.464 e. The summed E-state index contributed by atoms with van der Waals surface area (Å²) in [5, 5.41) is 0. The lowest BCUT2D eigenvalue weighted by Gasteiger charge is -2.18. The van der Waals surface area contributed by atoms with Crippen LogP contribution in [0.15, 0.2) is 61.8 Å². The van der Waals surface area contributed by atoms with Crippen molar-refractivity contribution in [2.45, 2.75) is 58.3 Å². The normalized spacial score (nSPS) is 12.8. The summed E-state index contributed by atoms with van der Waals surface area (Å²) in [6.45, 7) is 13.0. The van der Waals surface area contributed by atoms with Crippen molar-refractivity contribution >= 4 is 15.9 Å². The van der Waals surface area contributed by atoms with E-state index < -0.39 is 0 Å². The van der Waals surface area contributed by atoms with Crippen LogP contribution in [-0.4, -0.2) is 0 Å². The molecule has 138 valence electrons. The third kappa shape index (κ3) is 3.98. The van der Waals surface area contributed by atoms with E-state index in [0.29, 0.717) is 0 Å². The molecule has 0 fully saturated rings. The molecule has 0 spiro atoms. The van der Waals surface area contributed by atoms with E-state index in [1.807, 2.05) is 0 Å². The third-order valence-corrected chi connectivity index (χ3v) is 5.03. The molecule has 0 bridgehead atoms. The molecule has 0 N–H and O–H groups in total. The van der Waals surface area contributed by atoms with Crippen molar-refractivity contribution in [1.82, 2.24) is 0 Å². The van der Waals surface area contributed by atoms with Crippen molar-refractivity contribution in [3.05, 3.63) is 81.6 Å². The number of halogens is 1. The Morgan fingerprint density at radius 3 is 1.42 bits per heavy atom. The Labute approximate surface area is 164 Å². The van der Waals surface area contributed by atoms with Gasteiger partial charge in [-0.15, -0.1) is 0 Å². The summed E-state index contributed by atoms with van der Waals surface area (Å²) in [6.07, 6.45) is 0. The van der Waals surface area contributed by atoms with Crippen LogP contribution in [0.2, 0.25) is 0 Å². The van der Waals surface area contributed by atoms with Crippen molar-refractivity contribution in [1.29, 1.82) is 0 Å². The summed E-state index contributed by atoms with van der Waals surface area (Å²) < 4.78 is 13.6. The monoisotopic (exact) mass is 414 g/mol. The van der Waals surface area contributed by atoms with E-state index in [9.17, 15) is 0 Å². The Kier molecular flexibility index (Phi) is 4.96. The quantitative estimate of drug-likeness (QED) is 0.445. The molecule has 3 heteroatoms. The molecule has 3 aromatic rings. The number of furan rings is 2. The van der Waals surface area contributed by atoms with Crippen LogP contribution in [0.5, 0.6) is 0 Å². The lowest BCUT2D eigenvalue weighted by atomic mass is 9.93. The molecule has 0 aliphatic heterocycles. The summed E-state index contributed by atoms with van der Waals surface area (Å²) in [4.78, 5) is 0.